The van der Waals surface area contributed by atoms with Gasteiger partial charge in [0.25, 0.3) is 0 Å². The summed E-state index contributed by atoms with van der Waals surface area (Å²) in [5.74, 6) is 2.30. The number of carbonyl (C=O) groups is 1. The third-order valence-corrected chi connectivity index (χ3v) is 4.16. The van der Waals surface area contributed by atoms with Crippen LogP contribution in [0.4, 0.5) is 0 Å². The van der Waals surface area contributed by atoms with Crippen LogP contribution in [-0.4, -0.2) is 29.9 Å². The van der Waals surface area contributed by atoms with Gasteiger partial charge in [-0.3, -0.25) is 4.79 Å². The van der Waals surface area contributed by atoms with E-state index in [0.717, 1.165) is 13.1 Å². The fourth-order valence-corrected chi connectivity index (χ4v) is 2.58. The molecular formula is C13H24N2O. The van der Waals surface area contributed by atoms with Crippen molar-refractivity contribution >= 4 is 5.91 Å². The SMILES string of the molecule is CC(C)C1CCN(C(=O)CC(N)C2CC2)C1. The second kappa shape index (κ2) is 4.74. The van der Waals surface area contributed by atoms with Crippen LogP contribution in [0.25, 0.3) is 0 Å². The molecule has 16 heavy (non-hydrogen) atoms. The van der Waals surface area contributed by atoms with E-state index >= 15 is 0 Å². The molecule has 0 spiro atoms. The number of nitrogens with two attached hydrogens (primary N) is 1. The van der Waals surface area contributed by atoms with Crippen LogP contribution >= 0.6 is 0 Å². The van der Waals surface area contributed by atoms with E-state index in [1.54, 1.807) is 0 Å². The van der Waals surface area contributed by atoms with Crippen molar-refractivity contribution in [2.24, 2.45) is 23.5 Å². The molecule has 3 heteroatoms. The second-order valence-electron chi connectivity index (χ2n) is 5.84. The van der Waals surface area contributed by atoms with Crippen LogP contribution in [0, 0.1) is 17.8 Å². The fourth-order valence-electron chi connectivity index (χ4n) is 2.58. The minimum Gasteiger partial charge on any atom is -0.342 e. The van der Waals surface area contributed by atoms with E-state index < -0.39 is 0 Å². The number of amides is 1. The first kappa shape index (κ1) is 11.9. The predicted octanol–water partition coefficient (Wildman–Crippen LogP) is 1.62. The lowest BCUT2D eigenvalue weighted by atomic mass is 9.95. The zero-order valence-electron chi connectivity index (χ0n) is 10.5. The molecule has 2 unspecified atom stereocenters. The standard InChI is InChI=1S/C13H24N2O/c1-9(2)11-5-6-15(8-11)13(16)7-12(14)10-3-4-10/h9-12H,3-8,14H2,1-2H3. The summed E-state index contributed by atoms with van der Waals surface area (Å²) in [6.45, 7) is 6.39. The van der Waals surface area contributed by atoms with Crippen molar-refractivity contribution in [2.45, 2.75) is 45.6 Å². The third-order valence-electron chi connectivity index (χ3n) is 4.16. The van der Waals surface area contributed by atoms with Gasteiger partial charge in [-0.05, 0) is 37.0 Å². The Kier molecular flexibility index (Phi) is 3.53. The summed E-state index contributed by atoms with van der Waals surface area (Å²) in [6, 6.07) is 0.116. The van der Waals surface area contributed by atoms with E-state index in [2.05, 4.69) is 13.8 Å². The largest absolute Gasteiger partial charge is 0.342 e. The number of likely N-dealkylation sites (tertiary alicyclic amines) is 1. The van der Waals surface area contributed by atoms with Gasteiger partial charge in [0.15, 0.2) is 0 Å². The average Bonchev–Trinajstić information content (AvgIpc) is 2.95. The Balaban J connectivity index is 1.77. The monoisotopic (exact) mass is 224 g/mol. The summed E-state index contributed by atoms with van der Waals surface area (Å²) in [6.07, 6.45) is 4.18. The van der Waals surface area contributed by atoms with Crippen LogP contribution in [0.2, 0.25) is 0 Å². The van der Waals surface area contributed by atoms with Crippen LogP contribution in [0.1, 0.15) is 39.5 Å². The Morgan fingerprint density at radius 2 is 2.00 bits per heavy atom. The van der Waals surface area contributed by atoms with Crippen molar-refractivity contribution in [1.82, 2.24) is 4.90 Å². The van der Waals surface area contributed by atoms with Gasteiger partial charge >= 0.3 is 0 Å². The molecule has 2 atom stereocenters. The van der Waals surface area contributed by atoms with Crippen molar-refractivity contribution in [3.8, 4) is 0 Å². The van der Waals surface area contributed by atoms with Crippen molar-refractivity contribution in [1.29, 1.82) is 0 Å². The Labute approximate surface area is 98.4 Å². The number of carbonyl (C=O) groups excluding carboxylic acids is 1. The molecule has 0 bridgehead atoms. The smallest absolute Gasteiger partial charge is 0.224 e. The molecule has 0 radical (unpaired) electrons. The van der Waals surface area contributed by atoms with Gasteiger partial charge in [0, 0.05) is 25.6 Å². The highest BCUT2D eigenvalue weighted by Gasteiger charge is 2.33. The summed E-state index contributed by atoms with van der Waals surface area (Å²) in [4.78, 5) is 14.0. The maximum absolute atomic E-state index is 12.0. The van der Waals surface area contributed by atoms with Gasteiger partial charge in [-0.15, -0.1) is 0 Å². The molecule has 2 N–H and O–H groups in total. The highest BCUT2D eigenvalue weighted by Crippen LogP contribution is 2.33. The van der Waals surface area contributed by atoms with E-state index in [1.165, 1.54) is 19.3 Å². The summed E-state index contributed by atoms with van der Waals surface area (Å²) < 4.78 is 0. The number of nitrogens with zero attached hydrogens (tertiary/aromatic N) is 1. The van der Waals surface area contributed by atoms with Crippen LogP contribution in [0.3, 0.4) is 0 Å². The molecule has 1 saturated heterocycles. The highest BCUT2D eigenvalue weighted by molar-refractivity contribution is 5.77. The third kappa shape index (κ3) is 2.76. The molecule has 2 fully saturated rings. The average molecular weight is 224 g/mol. The van der Waals surface area contributed by atoms with E-state index in [4.69, 9.17) is 5.73 Å². The summed E-state index contributed by atoms with van der Waals surface area (Å²) in [5, 5.41) is 0. The van der Waals surface area contributed by atoms with E-state index in [0.29, 0.717) is 24.2 Å². The topological polar surface area (TPSA) is 46.3 Å². The van der Waals surface area contributed by atoms with Gasteiger partial charge in [-0.25, -0.2) is 0 Å². The Morgan fingerprint density at radius 3 is 2.50 bits per heavy atom. The molecule has 1 amide bonds. The van der Waals surface area contributed by atoms with Gasteiger partial charge in [0.05, 0.1) is 0 Å². The van der Waals surface area contributed by atoms with Gasteiger partial charge in [-0.1, -0.05) is 13.8 Å². The number of hydrogen-bond acceptors (Lipinski definition) is 2. The Bertz CT molecular complexity index is 261. The molecule has 1 heterocycles. The van der Waals surface area contributed by atoms with Gasteiger partial charge < -0.3 is 10.6 Å². The van der Waals surface area contributed by atoms with E-state index in [-0.39, 0.29) is 11.9 Å². The number of hydrogen-bond donors (Lipinski definition) is 1. The van der Waals surface area contributed by atoms with Gasteiger partial charge in [0.2, 0.25) is 5.91 Å². The molecule has 2 aliphatic rings. The van der Waals surface area contributed by atoms with Gasteiger partial charge in [-0.2, -0.15) is 0 Å². The maximum Gasteiger partial charge on any atom is 0.224 e. The summed E-state index contributed by atoms with van der Waals surface area (Å²) in [5.41, 5.74) is 5.99. The highest BCUT2D eigenvalue weighted by atomic mass is 16.2. The quantitative estimate of drug-likeness (QED) is 0.788. The van der Waals surface area contributed by atoms with Crippen LogP contribution in [0.5, 0.6) is 0 Å². The molecular weight excluding hydrogens is 200 g/mol. The molecule has 0 aromatic rings. The Hall–Kier alpha value is -0.570. The zero-order chi connectivity index (χ0) is 11.7. The number of rotatable bonds is 4. The minimum absolute atomic E-state index is 0.116. The van der Waals surface area contributed by atoms with Crippen LogP contribution < -0.4 is 5.73 Å². The lowest BCUT2D eigenvalue weighted by molar-refractivity contribution is -0.130. The molecule has 92 valence electrons. The molecule has 1 saturated carbocycles. The van der Waals surface area contributed by atoms with Crippen LogP contribution in [-0.2, 0) is 4.79 Å². The Morgan fingerprint density at radius 1 is 1.31 bits per heavy atom. The molecule has 0 aromatic heterocycles. The van der Waals surface area contributed by atoms with Crippen LogP contribution in [0.15, 0.2) is 0 Å². The summed E-state index contributed by atoms with van der Waals surface area (Å²) >= 11 is 0. The predicted molar refractivity (Wildman–Crippen MR) is 64.8 cm³/mol. The molecule has 2 rings (SSSR count). The zero-order valence-corrected chi connectivity index (χ0v) is 10.5. The maximum atomic E-state index is 12.0. The molecule has 1 aliphatic carbocycles. The molecule has 0 aromatic carbocycles. The van der Waals surface area contributed by atoms with Crippen molar-refractivity contribution in [3.63, 3.8) is 0 Å². The van der Waals surface area contributed by atoms with Crippen molar-refractivity contribution in [3.05, 3.63) is 0 Å². The second-order valence-corrected chi connectivity index (χ2v) is 5.84. The first-order valence-corrected chi connectivity index (χ1v) is 6.61. The minimum atomic E-state index is 0.116. The molecule has 3 nitrogen and oxygen atoms in total. The molecule has 1 aliphatic heterocycles. The van der Waals surface area contributed by atoms with Crippen molar-refractivity contribution in [2.75, 3.05) is 13.1 Å². The first-order valence-electron chi connectivity index (χ1n) is 6.61. The van der Waals surface area contributed by atoms with Gasteiger partial charge in [0.1, 0.15) is 0 Å². The van der Waals surface area contributed by atoms with E-state index in [1.807, 2.05) is 4.90 Å². The van der Waals surface area contributed by atoms with Crippen molar-refractivity contribution < 1.29 is 4.79 Å². The normalized spacial score (nSPS) is 27.5. The lowest BCUT2D eigenvalue weighted by Gasteiger charge is -2.20. The first-order chi connectivity index (χ1) is 7.58. The lowest BCUT2D eigenvalue weighted by Crippen LogP contribution is -2.35. The fraction of sp³-hybridized carbons (Fsp3) is 0.923. The van der Waals surface area contributed by atoms with E-state index in [9.17, 15) is 4.79 Å². The summed E-state index contributed by atoms with van der Waals surface area (Å²) in [7, 11) is 0.